The molecule has 0 aliphatic heterocycles. The van der Waals surface area contributed by atoms with Crippen LogP contribution in [0.5, 0.6) is 0 Å². The fourth-order valence-electron chi connectivity index (χ4n) is 2.51. The Morgan fingerprint density at radius 1 is 1.25 bits per heavy atom. The van der Waals surface area contributed by atoms with E-state index in [0.29, 0.717) is 0 Å². The molecule has 0 saturated heterocycles. The van der Waals surface area contributed by atoms with Crippen LogP contribution in [0.1, 0.15) is 24.6 Å². The highest BCUT2D eigenvalue weighted by molar-refractivity contribution is 5.54. The topological polar surface area (TPSA) is 33.1 Å². The van der Waals surface area contributed by atoms with Gasteiger partial charge in [0.2, 0.25) is 0 Å². The zero-order valence-corrected chi connectivity index (χ0v) is 12.8. The number of para-hydroxylation sites is 1. The second-order valence-electron chi connectivity index (χ2n) is 5.09. The molecular formula is C16H24N4. The van der Waals surface area contributed by atoms with E-state index in [1.807, 2.05) is 25.2 Å². The maximum Gasteiger partial charge on any atom is 0.136 e. The fourth-order valence-corrected chi connectivity index (χ4v) is 2.51. The third-order valence-corrected chi connectivity index (χ3v) is 3.43. The summed E-state index contributed by atoms with van der Waals surface area (Å²) in [6.45, 7) is 6.14. The summed E-state index contributed by atoms with van der Waals surface area (Å²) in [4.78, 5) is 2.29. The number of aryl methyl sites for hydroxylation is 1. The molecule has 0 saturated carbocycles. The van der Waals surface area contributed by atoms with Crippen molar-refractivity contribution in [3.8, 4) is 5.69 Å². The van der Waals surface area contributed by atoms with Crippen LogP contribution in [-0.4, -0.2) is 30.4 Å². The summed E-state index contributed by atoms with van der Waals surface area (Å²) in [7, 11) is 4.11. The van der Waals surface area contributed by atoms with Crippen LogP contribution in [0.4, 0.5) is 5.82 Å². The number of aromatic nitrogens is 2. The van der Waals surface area contributed by atoms with E-state index >= 15 is 0 Å². The van der Waals surface area contributed by atoms with E-state index in [2.05, 4.69) is 47.9 Å². The van der Waals surface area contributed by atoms with Crippen molar-refractivity contribution in [2.24, 2.45) is 0 Å². The minimum atomic E-state index is 0.835. The van der Waals surface area contributed by atoms with Gasteiger partial charge in [-0.15, -0.1) is 0 Å². The highest BCUT2D eigenvalue weighted by Crippen LogP contribution is 2.26. The summed E-state index contributed by atoms with van der Waals surface area (Å²) in [5.41, 5.74) is 3.46. The van der Waals surface area contributed by atoms with Gasteiger partial charge in [-0.1, -0.05) is 25.1 Å². The molecule has 1 aromatic carbocycles. The third kappa shape index (κ3) is 2.85. The van der Waals surface area contributed by atoms with Gasteiger partial charge in [0.15, 0.2) is 0 Å². The molecule has 0 fully saturated rings. The number of nitrogens with one attached hydrogen (secondary N) is 1. The Morgan fingerprint density at radius 3 is 2.55 bits per heavy atom. The first-order valence-corrected chi connectivity index (χ1v) is 7.18. The van der Waals surface area contributed by atoms with E-state index in [4.69, 9.17) is 5.10 Å². The number of anilines is 1. The second-order valence-corrected chi connectivity index (χ2v) is 5.09. The normalized spacial score (nSPS) is 10.8. The van der Waals surface area contributed by atoms with E-state index in [1.165, 1.54) is 11.4 Å². The van der Waals surface area contributed by atoms with Gasteiger partial charge in [-0.2, -0.15) is 5.10 Å². The first-order chi connectivity index (χ1) is 9.69. The monoisotopic (exact) mass is 272 g/mol. The maximum absolute atomic E-state index is 4.74. The van der Waals surface area contributed by atoms with Crippen LogP contribution < -0.4 is 10.2 Å². The molecule has 1 N–H and O–H groups in total. The smallest absolute Gasteiger partial charge is 0.136 e. The number of rotatable bonds is 6. The van der Waals surface area contributed by atoms with Crippen molar-refractivity contribution < 1.29 is 0 Å². The van der Waals surface area contributed by atoms with Gasteiger partial charge < -0.3 is 10.2 Å². The summed E-state index contributed by atoms with van der Waals surface area (Å²) < 4.78 is 2.05. The summed E-state index contributed by atoms with van der Waals surface area (Å²) in [5, 5.41) is 7.98. The second kappa shape index (κ2) is 6.57. The Balaban J connectivity index is 2.53. The molecule has 4 nitrogen and oxygen atoms in total. The van der Waals surface area contributed by atoms with Gasteiger partial charge in [0.05, 0.1) is 11.4 Å². The van der Waals surface area contributed by atoms with Gasteiger partial charge >= 0.3 is 0 Å². The molecule has 0 atom stereocenters. The number of nitrogens with zero attached hydrogens (tertiary/aromatic N) is 3. The first-order valence-electron chi connectivity index (χ1n) is 7.18. The summed E-state index contributed by atoms with van der Waals surface area (Å²) in [6.07, 6.45) is 1.12. The van der Waals surface area contributed by atoms with Gasteiger partial charge in [0, 0.05) is 25.7 Å². The molecule has 0 unspecified atom stereocenters. The molecule has 108 valence electrons. The van der Waals surface area contributed by atoms with Crippen LogP contribution in [0.15, 0.2) is 30.3 Å². The summed E-state index contributed by atoms with van der Waals surface area (Å²) >= 11 is 0. The van der Waals surface area contributed by atoms with Crippen LogP contribution in [-0.2, 0) is 6.54 Å². The van der Waals surface area contributed by atoms with Crippen molar-refractivity contribution in [3.05, 3.63) is 41.6 Å². The lowest BCUT2D eigenvalue weighted by Gasteiger charge is -2.21. The minimum Gasteiger partial charge on any atom is -0.359 e. The fraction of sp³-hybridized carbons (Fsp3) is 0.438. The van der Waals surface area contributed by atoms with Gasteiger partial charge in [0.1, 0.15) is 5.82 Å². The lowest BCUT2D eigenvalue weighted by Crippen LogP contribution is -2.23. The average molecular weight is 272 g/mol. The molecule has 0 aliphatic carbocycles. The third-order valence-electron chi connectivity index (χ3n) is 3.43. The average Bonchev–Trinajstić information content (AvgIpc) is 2.78. The molecule has 0 radical (unpaired) electrons. The Bertz CT molecular complexity index is 545. The molecule has 1 heterocycles. The lowest BCUT2D eigenvalue weighted by molar-refractivity contribution is 0.770. The zero-order chi connectivity index (χ0) is 14.5. The molecule has 4 heteroatoms. The minimum absolute atomic E-state index is 0.835. The van der Waals surface area contributed by atoms with E-state index < -0.39 is 0 Å². The summed E-state index contributed by atoms with van der Waals surface area (Å²) in [6, 6.07) is 10.3. The Morgan fingerprint density at radius 2 is 1.95 bits per heavy atom. The van der Waals surface area contributed by atoms with Crippen LogP contribution >= 0.6 is 0 Å². The van der Waals surface area contributed by atoms with Crippen LogP contribution in [0.25, 0.3) is 5.69 Å². The van der Waals surface area contributed by atoms with Crippen molar-refractivity contribution in [2.45, 2.75) is 26.8 Å². The maximum atomic E-state index is 4.74. The predicted molar refractivity (Wildman–Crippen MR) is 84.6 cm³/mol. The molecule has 0 amide bonds. The number of benzene rings is 1. The predicted octanol–water partition coefficient (Wildman–Crippen LogP) is 2.75. The quantitative estimate of drug-likeness (QED) is 0.878. The summed E-state index contributed by atoms with van der Waals surface area (Å²) in [5.74, 6) is 1.19. The van der Waals surface area contributed by atoms with E-state index in [9.17, 15) is 0 Å². The molecule has 0 spiro atoms. The molecule has 2 rings (SSSR count). The van der Waals surface area contributed by atoms with Crippen molar-refractivity contribution >= 4 is 5.82 Å². The van der Waals surface area contributed by atoms with Gasteiger partial charge in [-0.25, -0.2) is 4.68 Å². The SMILES string of the molecule is CCCN(C)c1c(CNC)c(C)nn1-c1ccccc1. The van der Waals surface area contributed by atoms with E-state index in [1.54, 1.807) is 0 Å². The van der Waals surface area contributed by atoms with Crippen LogP contribution in [0.2, 0.25) is 0 Å². The Labute approximate surface area is 121 Å². The lowest BCUT2D eigenvalue weighted by atomic mass is 10.2. The number of hydrogen-bond donors (Lipinski definition) is 1. The van der Waals surface area contributed by atoms with Crippen molar-refractivity contribution in [1.29, 1.82) is 0 Å². The van der Waals surface area contributed by atoms with E-state index in [-0.39, 0.29) is 0 Å². The Kier molecular flexibility index (Phi) is 4.79. The van der Waals surface area contributed by atoms with Gasteiger partial charge in [-0.3, -0.25) is 0 Å². The molecule has 0 bridgehead atoms. The molecule has 0 aliphatic rings. The molecule has 1 aromatic heterocycles. The van der Waals surface area contributed by atoms with Crippen LogP contribution in [0, 0.1) is 6.92 Å². The molecule has 2 aromatic rings. The van der Waals surface area contributed by atoms with Gasteiger partial charge in [0.25, 0.3) is 0 Å². The van der Waals surface area contributed by atoms with Crippen molar-refractivity contribution in [3.63, 3.8) is 0 Å². The largest absolute Gasteiger partial charge is 0.359 e. The highest BCUT2D eigenvalue weighted by Gasteiger charge is 2.18. The van der Waals surface area contributed by atoms with Crippen molar-refractivity contribution in [1.82, 2.24) is 15.1 Å². The van der Waals surface area contributed by atoms with Gasteiger partial charge in [-0.05, 0) is 32.5 Å². The molecule has 20 heavy (non-hydrogen) atoms. The number of hydrogen-bond acceptors (Lipinski definition) is 3. The highest BCUT2D eigenvalue weighted by atomic mass is 15.4. The first kappa shape index (κ1) is 14.6. The molecular weight excluding hydrogens is 248 g/mol. The Hall–Kier alpha value is -1.81. The van der Waals surface area contributed by atoms with E-state index in [0.717, 1.165) is 30.9 Å². The zero-order valence-electron chi connectivity index (χ0n) is 12.8. The van der Waals surface area contributed by atoms with Crippen molar-refractivity contribution in [2.75, 3.05) is 25.5 Å². The standard InChI is InChI=1S/C16H24N4/c1-5-11-19(4)16-15(12-17-3)13(2)18-20(16)14-9-7-6-8-10-14/h6-10,17H,5,11-12H2,1-4H3. The van der Waals surface area contributed by atoms with Crippen LogP contribution in [0.3, 0.4) is 0 Å².